The van der Waals surface area contributed by atoms with Crippen molar-refractivity contribution in [1.29, 1.82) is 0 Å². The average molecular weight is 198 g/mol. The van der Waals surface area contributed by atoms with Gasteiger partial charge >= 0.3 is 6.09 Å². The maximum atomic E-state index is 11.6. The number of carbonyl (C=O) groups is 1. The first kappa shape index (κ1) is 9.77. The Morgan fingerprint density at radius 3 is 2.86 bits per heavy atom. The lowest BCUT2D eigenvalue weighted by Gasteiger charge is -2.33. The monoisotopic (exact) mass is 198 g/mol. The summed E-state index contributed by atoms with van der Waals surface area (Å²) in [5.74, 6) is 0. The van der Waals surface area contributed by atoms with E-state index in [0.29, 0.717) is 0 Å². The minimum absolute atomic E-state index is 0.0877. The Morgan fingerprint density at radius 2 is 2.21 bits per heavy atom. The Hall–Kier alpha value is -0.770. The van der Waals surface area contributed by atoms with Crippen molar-refractivity contribution in [3.63, 3.8) is 0 Å². The van der Waals surface area contributed by atoms with E-state index >= 15 is 0 Å². The fourth-order valence-electron chi connectivity index (χ4n) is 2.50. The van der Waals surface area contributed by atoms with Gasteiger partial charge in [0.1, 0.15) is 6.10 Å². The molecule has 0 spiro atoms. The van der Waals surface area contributed by atoms with Gasteiger partial charge in [0, 0.05) is 12.1 Å². The first-order chi connectivity index (χ1) is 6.59. The van der Waals surface area contributed by atoms with Crippen molar-refractivity contribution in [2.75, 3.05) is 0 Å². The van der Waals surface area contributed by atoms with Crippen molar-refractivity contribution in [3.8, 4) is 0 Å². The van der Waals surface area contributed by atoms with Crippen LogP contribution < -0.4 is 5.73 Å². The number of nitrogens with zero attached hydrogens (tertiary/aromatic N) is 1. The Bertz CT molecular complexity index is 242. The highest BCUT2D eigenvalue weighted by Crippen LogP contribution is 2.32. The highest BCUT2D eigenvalue weighted by molar-refractivity contribution is 5.71. The molecule has 0 bridgehead atoms. The molecule has 0 aromatic carbocycles. The molecule has 3 atom stereocenters. The number of fused-ring (bicyclic) bond motifs is 1. The quantitative estimate of drug-likeness (QED) is 0.686. The van der Waals surface area contributed by atoms with Gasteiger partial charge in [-0.25, -0.2) is 4.79 Å². The van der Waals surface area contributed by atoms with Crippen LogP contribution in [0.15, 0.2) is 0 Å². The van der Waals surface area contributed by atoms with Gasteiger partial charge in [0.25, 0.3) is 0 Å². The summed E-state index contributed by atoms with van der Waals surface area (Å²) < 4.78 is 5.32. The van der Waals surface area contributed by atoms with Crippen molar-refractivity contribution >= 4 is 6.09 Å². The van der Waals surface area contributed by atoms with E-state index in [9.17, 15) is 4.79 Å². The molecule has 2 rings (SSSR count). The highest BCUT2D eigenvalue weighted by Gasteiger charge is 2.45. The summed E-state index contributed by atoms with van der Waals surface area (Å²) >= 11 is 0. The summed E-state index contributed by atoms with van der Waals surface area (Å²) in [4.78, 5) is 13.4. The Balaban J connectivity index is 2.14. The number of hydrogen-bond donors (Lipinski definition) is 1. The summed E-state index contributed by atoms with van der Waals surface area (Å²) in [5.41, 5.74) is 5.90. The predicted octanol–water partition coefficient (Wildman–Crippen LogP) is 1.10. The maximum Gasteiger partial charge on any atom is 0.410 e. The summed E-state index contributed by atoms with van der Waals surface area (Å²) in [6, 6.07) is 0.654. The predicted molar refractivity (Wildman–Crippen MR) is 52.9 cm³/mol. The Kier molecular flexibility index (Phi) is 2.39. The van der Waals surface area contributed by atoms with Crippen LogP contribution in [0.1, 0.15) is 33.1 Å². The normalized spacial score (nSPS) is 37.3. The molecule has 14 heavy (non-hydrogen) atoms. The van der Waals surface area contributed by atoms with Gasteiger partial charge in [-0.2, -0.15) is 0 Å². The van der Waals surface area contributed by atoms with Crippen LogP contribution in [0.25, 0.3) is 0 Å². The Labute approximate surface area is 84.4 Å². The fraction of sp³-hybridized carbons (Fsp3) is 0.900. The molecule has 1 amide bonds. The maximum absolute atomic E-state index is 11.6. The van der Waals surface area contributed by atoms with E-state index in [-0.39, 0.29) is 30.3 Å². The summed E-state index contributed by atoms with van der Waals surface area (Å²) in [5, 5.41) is 0. The van der Waals surface area contributed by atoms with E-state index < -0.39 is 0 Å². The molecule has 1 aliphatic heterocycles. The van der Waals surface area contributed by atoms with Gasteiger partial charge in [-0.3, -0.25) is 4.90 Å². The molecule has 1 saturated carbocycles. The lowest BCUT2D eigenvalue weighted by atomic mass is 9.88. The molecule has 2 fully saturated rings. The zero-order valence-corrected chi connectivity index (χ0v) is 8.77. The SMILES string of the molecule is CC(C)N1C(=O)OC2CCC(N)CC21. The molecule has 0 radical (unpaired) electrons. The van der Waals surface area contributed by atoms with E-state index in [1.165, 1.54) is 0 Å². The van der Waals surface area contributed by atoms with Gasteiger partial charge in [-0.15, -0.1) is 0 Å². The van der Waals surface area contributed by atoms with E-state index in [0.717, 1.165) is 19.3 Å². The van der Waals surface area contributed by atoms with Crippen molar-refractivity contribution in [2.24, 2.45) is 5.73 Å². The minimum Gasteiger partial charge on any atom is -0.444 e. The van der Waals surface area contributed by atoms with Crippen LogP contribution in [-0.4, -0.2) is 35.2 Å². The second-order valence-electron chi connectivity index (χ2n) is 4.56. The molecule has 1 heterocycles. The van der Waals surface area contributed by atoms with E-state index in [4.69, 9.17) is 10.5 Å². The largest absolute Gasteiger partial charge is 0.444 e. The van der Waals surface area contributed by atoms with E-state index in [1.54, 1.807) is 0 Å². The second-order valence-corrected chi connectivity index (χ2v) is 4.56. The summed E-state index contributed by atoms with van der Waals surface area (Å²) in [7, 11) is 0. The van der Waals surface area contributed by atoms with Gasteiger partial charge in [0.15, 0.2) is 0 Å². The smallest absolute Gasteiger partial charge is 0.410 e. The zero-order chi connectivity index (χ0) is 10.3. The lowest BCUT2D eigenvalue weighted by molar-refractivity contribution is 0.109. The Morgan fingerprint density at radius 1 is 1.50 bits per heavy atom. The minimum atomic E-state index is -0.163. The molecule has 4 heteroatoms. The average Bonchev–Trinajstić information content (AvgIpc) is 2.40. The lowest BCUT2D eigenvalue weighted by Crippen LogP contribution is -2.47. The van der Waals surface area contributed by atoms with Crippen LogP contribution in [0.5, 0.6) is 0 Å². The number of rotatable bonds is 1. The molecular formula is C10H18N2O2. The third kappa shape index (κ3) is 1.47. The third-order valence-electron chi connectivity index (χ3n) is 3.17. The van der Waals surface area contributed by atoms with Crippen LogP contribution >= 0.6 is 0 Å². The molecule has 80 valence electrons. The number of ether oxygens (including phenoxy) is 1. The highest BCUT2D eigenvalue weighted by atomic mass is 16.6. The summed E-state index contributed by atoms with van der Waals surface area (Å²) in [6.45, 7) is 4.04. The summed E-state index contributed by atoms with van der Waals surface area (Å²) in [6.07, 6.45) is 2.70. The zero-order valence-electron chi connectivity index (χ0n) is 8.77. The van der Waals surface area contributed by atoms with Gasteiger partial charge in [0.05, 0.1) is 6.04 Å². The molecule has 4 nitrogen and oxygen atoms in total. The van der Waals surface area contributed by atoms with Crippen molar-refractivity contribution < 1.29 is 9.53 Å². The van der Waals surface area contributed by atoms with Gasteiger partial charge in [-0.1, -0.05) is 0 Å². The van der Waals surface area contributed by atoms with Crippen molar-refractivity contribution in [3.05, 3.63) is 0 Å². The van der Waals surface area contributed by atoms with E-state index in [1.807, 2.05) is 18.7 Å². The third-order valence-corrected chi connectivity index (χ3v) is 3.17. The second kappa shape index (κ2) is 3.42. The van der Waals surface area contributed by atoms with Crippen molar-refractivity contribution in [1.82, 2.24) is 4.90 Å². The van der Waals surface area contributed by atoms with Gasteiger partial charge in [-0.05, 0) is 33.1 Å². The molecular weight excluding hydrogens is 180 g/mol. The van der Waals surface area contributed by atoms with Crippen LogP contribution in [0.2, 0.25) is 0 Å². The number of carbonyl (C=O) groups excluding carboxylic acids is 1. The van der Waals surface area contributed by atoms with E-state index in [2.05, 4.69) is 0 Å². The molecule has 3 unspecified atom stereocenters. The number of hydrogen-bond acceptors (Lipinski definition) is 3. The first-order valence-corrected chi connectivity index (χ1v) is 5.34. The van der Waals surface area contributed by atoms with Crippen molar-refractivity contribution in [2.45, 2.75) is 57.3 Å². The van der Waals surface area contributed by atoms with Gasteiger partial charge < -0.3 is 10.5 Å². The molecule has 0 aromatic heterocycles. The van der Waals surface area contributed by atoms with Gasteiger partial charge in [0.2, 0.25) is 0 Å². The molecule has 1 aliphatic carbocycles. The molecule has 0 aromatic rings. The fourth-order valence-corrected chi connectivity index (χ4v) is 2.50. The molecule has 2 N–H and O–H groups in total. The van der Waals surface area contributed by atoms with Crippen LogP contribution in [0.4, 0.5) is 4.79 Å². The number of nitrogens with two attached hydrogens (primary N) is 1. The molecule has 2 aliphatic rings. The molecule has 1 saturated heterocycles. The van der Waals surface area contributed by atoms with Crippen LogP contribution in [0, 0.1) is 0 Å². The standard InChI is InChI=1S/C10H18N2O2/c1-6(2)12-8-5-7(11)3-4-9(8)14-10(12)13/h6-9H,3-5,11H2,1-2H3. The van der Waals surface area contributed by atoms with Crippen LogP contribution in [0.3, 0.4) is 0 Å². The topological polar surface area (TPSA) is 55.6 Å². The number of amides is 1. The van der Waals surface area contributed by atoms with Crippen LogP contribution in [-0.2, 0) is 4.74 Å². The first-order valence-electron chi connectivity index (χ1n) is 5.34.